The number of nitriles is 1. The zero-order chi connectivity index (χ0) is 21.7. The molecule has 0 atom stereocenters. The van der Waals surface area contributed by atoms with Gasteiger partial charge in [0.15, 0.2) is 0 Å². The van der Waals surface area contributed by atoms with Crippen LogP contribution in [0.4, 0.5) is 10.1 Å². The van der Waals surface area contributed by atoms with E-state index in [0.29, 0.717) is 22.7 Å². The zero-order valence-electron chi connectivity index (χ0n) is 16.0. The van der Waals surface area contributed by atoms with Crippen LogP contribution in [-0.4, -0.2) is 5.91 Å². The highest BCUT2D eigenvalue weighted by Gasteiger charge is 2.11. The predicted molar refractivity (Wildman–Crippen MR) is 122 cm³/mol. The van der Waals surface area contributed by atoms with Crippen molar-refractivity contribution in [3.63, 3.8) is 0 Å². The second-order valence-corrected chi connectivity index (χ2v) is 8.01. The number of amides is 1. The fourth-order valence-electron chi connectivity index (χ4n) is 2.85. The van der Waals surface area contributed by atoms with Gasteiger partial charge in [0, 0.05) is 15.2 Å². The van der Waals surface area contributed by atoms with Crippen LogP contribution in [-0.2, 0) is 11.2 Å². The molecular weight excluding hydrogens is 467 g/mol. The van der Waals surface area contributed by atoms with E-state index >= 15 is 0 Å². The van der Waals surface area contributed by atoms with Gasteiger partial charge in [0.1, 0.15) is 17.5 Å². The number of nitrogens with zero attached hydrogens (tertiary/aromatic N) is 1. The molecule has 0 heterocycles. The molecule has 6 heteroatoms. The molecule has 0 unspecified atom stereocenters. The van der Waals surface area contributed by atoms with Gasteiger partial charge < -0.3 is 5.32 Å². The van der Waals surface area contributed by atoms with Crippen molar-refractivity contribution in [2.75, 3.05) is 5.32 Å². The molecule has 3 nitrogen and oxygen atoms in total. The van der Waals surface area contributed by atoms with Gasteiger partial charge in [-0.05, 0) is 72.0 Å². The maximum absolute atomic E-state index is 13.4. The Kier molecular flexibility index (Phi) is 7.04. The molecule has 0 fully saturated rings. The van der Waals surface area contributed by atoms with E-state index in [1.165, 1.54) is 18.2 Å². The minimum Gasteiger partial charge on any atom is -0.321 e. The summed E-state index contributed by atoms with van der Waals surface area (Å²) in [5, 5.41) is 12.6. The highest BCUT2D eigenvalue weighted by Crippen LogP contribution is 2.24. The largest absolute Gasteiger partial charge is 0.321 e. The van der Waals surface area contributed by atoms with E-state index in [4.69, 9.17) is 11.6 Å². The molecule has 3 aromatic carbocycles. The second-order valence-electron chi connectivity index (χ2n) is 6.75. The molecule has 150 valence electrons. The lowest BCUT2D eigenvalue weighted by Crippen LogP contribution is -2.13. The van der Waals surface area contributed by atoms with Crippen LogP contribution in [0, 0.1) is 24.1 Å². The van der Waals surface area contributed by atoms with Crippen LogP contribution in [0.15, 0.2) is 70.7 Å². The Bertz CT molecular complexity index is 1180. The van der Waals surface area contributed by atoms with E-state index in [9.17, 15) is 14.4 Å². The van der Waals surface area contributed by atoms with Crippen molar-refractivity contribution in [1.82, 2.24) is 0 Å². The molecular formula is C24H17BrClFN2O. The second kappa shape index (κ2) is 9.71. The van der Waals surface area contributed by atoms with Crippen LogP contribution in [0.3, 0.4) is 0 Å². The molecule has 0 aliphatic rings. The number of hydrogen-bond acceptors (Lipinski definition) is 2. The molecule has 0 aromatic heterocycles. The number of anilines is 1. The van der Waals surface area contributed by atoms with E-state index in [0.717, 1.165) is 21.2 Å². The Hall–Kier alpha value is -2.94. The van der Waals surface area contributed by atoms with Crippen LogP contribution in [0.25, 0.3) is 6.08 Å². The summed E-state index contributed by atoms with van der Waals surface area (Å²) in [5.41, 5.74) is 3.90. The number of benzene rings is 3. The lowest BCUT2D eigenvalue weighted by atomic mass is 10.0. The van der Waals surface area contributed by atoms with Crippen molar-refractivity contribution in [2.45, 2.75) is 13.3 Å². The number of carbonyl (C=O) groups excluding carboxylic acids is 1. The van der Waals surface area contributed by atoms with Crippen LogP contribution < -0.4 is 5.32 Å². The summed E-state index contributed by atoms with van der Waals surface area (Å²) in [6.07, 6.45) is 2.07. The van der Waals surface area contributed by atoms with Gasteiger partial charge in [-0.2, -0.15) is 5.26 Å². The van der Waals surface area contributed by atoms with Gasteiger partial charge in [-0.3, -0.25) is 4.79 Å². The Morgan fingerprint density at radius 3 is 2.67 bits per heavy atom. The predicted octanol–water partition coefficient (Wildman–Crippen LogP) is 6.69. The Labute approximate surface area is 187 Å². The van der Waals surface area contributed by atoms with Crippen LogP contribution in [0.5, 0.6) is 0 Å². The molecule has 0 saturated carbocycles. The Morgan fingerprint density at radius 2 is 2.00 bits per heavy atom. The molecule has 1 amide bonds. The molecule has 0 saturated heterocycles. The normalized spacial score (nSPS) is 11.1. The van der Waals surface area contributed by atoms with Gasteiger partial charge in [0.2, 0.25) is 0 Å². The van der Waals surface area contributed by atoms with Crippen molar-refractivity contribution in [3.8, 4) is 6.07 Å². The minimum absolute atomic E-state index is 0.0310. The van der Waals surface area contributed by atoms with Gasteiger partial charge >= 0.3 is 0 Å². The molecule has 3 rings (SSSR count). The molecule has 30 heavy (non-hydrogen) atoms. The number of aryl methyl sites for hydroxylation is 1. The average molecular weight is 484 g/mol. The fraction of sp³-hybridized carbons (Fsp3) is 0.0833. The first-order valence-electron chi connectivity index (χ1n) is 9.08. The summed E-state index contributed by atoms with van der Waals surface area (Å²) in [6, 6.07) is 19.1. The quantitative estimate of drug-likeness (QED) is 0.325. The fourth-order valence-corrected chi connectivity index (χ4v) is 3.57. The van der Waals surface area contributed by atoms with E-state index in [1.54, 1.807) is 24.3 Å². The summed E-state index contributed by atoms with van der Waals surface area (Å²) >= 11 is 9.60. The maximum Gasteiger partial charge on any atom is 0.266 e. The Balaban J connectivity index is 1.78. The smallest absolute Gasteiger partial charge is 0.266 e. The molecule has 1 N–H and O–H groups in total. The monoisotopic (exact) mass is 482 g/mol. The van der Waals surface area contributed by atoms with Crippen LogP contribution in [0.1, 0.15) is 22.3 Å². The van der Waals surface area contributed by atoms with Crippen molar-refractivity contribution < 1.29 is 9.18 Å². The molecule has 0 spiro atoms. The summed E-state index contributed by atoms with van der Waals surface area (Å²) in [4.78, 5) is 12.5. The van der Waals surface area contributed by atoms with Gasteiger partial charge in [0.05, 0.1) is 0 Å². The number of rotatable bonds is 5. The SMILES string of the molecule is Cc1ccc(NC(=O)/C(C#N)=C/c2ccc(Cc3cccc(F)c3)c(Br)c2)cc1Cl. The maximum atomic E-state index is 13.4. The standard InChI is InChI=1S/C24H17BrClFN2O/c1-15-5-8-21(13-23(15)26)29-24(30)19(14-28)10-17-6-7-18(22(25)12-17)9-16-3-2-4-20(27)11-16/h2-8,10-13H,9H2,1H3,(H,29,30)/b19-10+. The highest BCUT2D eigenvalue weighted by molar-refractivity contribution is 9.10. The third-order valence-corrected chi connectivity index (χ3v) is 5.61. The van der Waals surface area contributed by atoms with Crippen molar-refractivity contribution >= 4 is 45.2 Å². The van der Waals surface area contributed by atoms with Gasteiger partial charge in [-0.15, -0.1) is 0 Å². The summed E-state index contributed by atoms with van der Waals surface area (Å²) in [7, 11) is 0. The lowest BCUT2D eigenvalue weighted by Gasteiger charge is -2.08. The van der Waals surface area contributed by atoms with E-state index in [-0.39, 0.29) is 11.4 Å². The molecule has 0 aliphatic heterocycles. The summed E-state index contributed by atoms with van der Waals surface area (Å²) in [6.45, 7) is 1.87. The first-order valence-corrected chi connectivity index (χ1v) is 10.2. The molecule has 0 aliphatic carbocycles. The molecule has 0 radical (unpaired) electrons. The number of nitrogens with one attached hydrogen (secondary N) is 1. The summed E-state index contributed by atoms with van der Waals surface area (Å²) < 4.78 is 14.2. The molecule has 0 bridgehead atoms. The van der Waals surface area contributed by atoms with Crippen LogP contribution in [0.2, 0.25) is 5.02 Å². The van der Waals surface area contributed by atoms with E-state index < -0.39 is 5.91 Å². The highest BCUT2D eigenvalue weighted by atomic mass is 79.9. The lowest BCUT2D eigenvalue weighted by molar-refractivity contribution is -0.112. The average Bonchev–Trinajstić information content (AvgIpc) is 2.71. The summed E-state index contributed by atoms with van der Waals surface area (Å²) in [5.74, 6) is -0.792. The minimum atomic E-state index is -0.516. The van der Waals surface area contributed by atoms with Gasteiger partial charge in [0.25, 0.3) is 5.91 Å². The first-order chi connectivity index (χ1) is 14.4. The van der Waals surface area contributed by atoms with Crippen molar-refractivity contribution in [3.05, 3.63) is 104 Å². The van der Waals surface area contributed by atoms with Gasteiger partial charge in [-0.25, -0.2) is 4.39 Å². The molecule has 3 aromatic rings. The first kappa shape index (κ1) is 21.8. The third-order valence-electron chi connectivity index (χ3n) is 4.47. The third kappa shape index (κ3) is 5.56. The number of halogens is 3. The Morgan fingerprint density at radius 1 is 1.20 bits per heavy atom. The zero-order valence-corrected chi connectivity index (χ0v) is 18.4. The van der Waals surface area contributed by atoms with Gasteiger partial charge in [-0.1, -0.05) is 57.9 Å². The number of carbonyl (C=O) groups is 1. The number of hydrogen-bond donors (Lipinski definition) is 1. The van der Waals surface area contributed by atoms with Crippen LogP contribution >= 0.6 is 27.5 Å². The van der Waals surface area contributed by atoms with E-state index in [1.807, 2.05) is 37.3 Å². The van der Waals surface area contributed by atoms with Crippen molar-refractivity contribution in [1.29, 1.82) is 5.26 Å². The van der Waals surface area contributed by atoms with Crippen molar-refractivity contribution in [2.24, 2.45) is 0 Å². The van der Waals surface area contributed by atoms with E-state index in [2.05, 4.69) is 21.2 Å². The topological polar surface area (TPSA) is 52.9 Å².